The molecule has 1 fully saturated rings. The maximum absolute atomic E-state index is 11.6. The summed E-state index contributed by atoms with van der Waals surface area (Å²) in [6.45, 7) is 6.30. The van der Waals surface area contributed by atoms with Crippen molar-refractivity contribution in [3.8, 4) is 0 Å². The minimum absolute atomic E-state index is 0.154. The molecule has 0 bridgehead atoms. The number of rotatable bonds is 7. The quantitative estimate of drug-likeness (QED) is 0.427. The van der Waals surface area contributed by atoms with Gasteiger partial charge in [-0.2, -0.15) is 0 Å². The van der Waals surface area contributed by atoms with E-state index in [1.807, 2.05) is 18.2 Å². The summed E-state index contributed by atoms with van der Waals surface area (Å²) in [4.78, 5) is 23.6. The molecule has 3 aromatic rings. The molecule has 9 heteroatoms. The van der Waals surface area contributed by atoms with Gasteiger partial charge in [0.25, 0.3) is 0 Å². The van der Waals surface area contributed by atoms with Crippen molar-refractivity contribution in [2.45, 2.75) is 44.8 Å². The normalized spacial score (nSPS) is 16.1. The molecule has 0 aromatic carbocycles. The van der Waals surface area contributed by atoms with Crippen molar-refractivity contribution >= 4 is 39.0 Å². The van der Waals surface area contributed by atoms with Crippen molar-refractivity contribution in [2.24, 2.45) is 0 Å². The van der Waals surface area contributed by atoms with Crippen LogP contribution in [0.4, 0.5) is 11.5 Å². The summed E-state index contributed by atoms with van der Waals surface area (Å²) in [6, 6.07) is 7.91. The summed E-state index contributed by atoms with van der Waals surface area (Å²) < 4.78 is 0. The average Bonchev–Trinajstić information content (AvgIpc) is 3.14. The van der Waals surface area contributed by atoms with E-state index >= 15 is 0 Å². The summed E-state index contributed by atoms with van der Waals surface area (Å²) in [5.41, 5.74) is 8.19. The molecule has 3 aromatic heterocycles. The lowest BCUT2D eigenvalue weighted by Gasteiger charge is -2.34. The Morgan fingerprint density at radius 2 is 2.09 bits per heavy atom. The Morgan fingerprint density at radius 3 is 2.72 bits per heavy atom. The number of nitrogens with zero attached hydrogens (tertiary/aromatic N) is 3. The van der Waals surface area contributed by atoms with Crippen LogP contribution in [0, 0.1) is 0 Å². The highest BCUT2D eigenvalue weighted by Crippen LogP contribution is 2.39. The van der Waals surface area contributed by atoms with Crippen LogP contribution in [0.15, 0.2) is 30.5 Å². The van der Waals surface area contributed by atoms with Crippen LogP contribution in [0.3, 0.4) is 0 Å². The number of aromatic carboxylic acids is 1. The predicted octanol–water partition coefficient (Wildman–Crippen LogP) is 3.39. The van der Waals surface area contributed by atoms with Crippen LogP contribution in [-0.4, -0.2) is 51.8 Å². The Balaban J connectivity index is 1.45. The number of pyridine rings is 2. The zero-order valence-corrected chi connectivity index (χ0v) is 19.1. The first-order valence-corrected chi connectivity index (χ1v) is 11.7. The van der Waals surface area contributed by atoms with Crippen LogP contribution >= 0.6 is 11.3 Å². The Bertz CT molecular complexity index is 1090. The number of hydrogen-bond acceptors (Lipinski definition) is 8. The highest BCUT2D eigenvalue weighted by molar-refractivity contribution is 7.21. The number of piperidine rings is 1. The maximum Gasteiger partial charge on any atom is 0.348 e. The number of nitrogen functional groups attached to an aromatic ring is 1. The molecule has 1 saturated heterocycles. The molecule has 0 spiro atoms. The van der Waals surface area contributed by atoms with Gasteiger partial charge in [-0.1, -0.05) is 19.9 Å². The van der Waals surface area contributed by atoms with Gasteiger partial charge in [-0.05, 0) is 42.5 Å². The number of nitrogens with two attached hydrogens (primary N) is 1. The van der Waals surface area contributed by atoms with E-state index in [1.165, 1.54) is 0 Å². The lowest BCUT2D eigenvalue weighted by atomic mass is 9.99. The molecule has 1 unspecified atom stereocenters. The van der Waals surface area contributed by atoms with E-state index in [9.17, 15) is 15.0 Å². The summed E-state index contributed by atoms with van der Waals surface area (Å²) in [5, 5.41) is 24.0. The van der Waals surface area contributed by atoms with Gasteiger partial charge >= 0.3 is 5.97 Å². The molecule has 4 heterocycles. The van der Waals surface area contributed by atoms with Gasteiger partial charge in [0, 0.05) is 37.3 Å². The van der Waals surface area contributed by atoms with Gasteiger partial charge in [-0.25, -0.2) is 9.78 Å². The topological polar surface area (TPSA) is 125 Å². The third-order valence-electron chi connectivity index (χ3n) is 5.98. The highest BCUT2D eigenvalue weighted by atomic mass is 32.1. The fourth-order valence-corrected chi connectivity index (χ4v) is 5.14. The fourth-order valence-electron chi connectivity index (χ4n) is 4.18. The highest BCUT2D eigenvalue weighted by Gasteiger charge is 2.25. The molecule has 32 heavy (non-hydrogen) atoms. The van der Waals surface area contributed by atoms with Crippen LogP contribution in [0.25, 0.3) is 10.2 Å². The molecule has 0 radical (unpaired) electrons. The van der Waals surface area contributed by atoms with Crippen LogP contribution in [0.2, 0.25) is 0 Å². The van der Waals surface area contributed by atoms with Gasteiger partial charge in [-0.15, -0.1) is 11.3 Å². The molecule has 0 aliphatic carbocycles. The third-order valence-corrected chi connectivity index (χ3v) is 7.07. The summed E-state index contributed by atoms with van der Waals surface area (Å²) in [5.74, 6) is 0.0537. The first kappa shape index (κ1) is 22.4. The molecule has 4 rings (SSSR count). The van der Waals surface area contributed by atoms with Gasteiger partial charge in [0.2, 0.25) is 0 Å². The molecule has 0 saturated carbocycles. The predicted molar refractivity (Wildman–Crippen MR) is 128 cm³/mol. The number of hydrogen-bond donors (Lipinski definition) is 4. The van der Waals surface area contributed by atoms with E-state index in [0.29, 0.717) is 28.8 Å². The molecule has 5 N–H and O–H groups in total. The monoisotopic (exact) mass is 455 g/mol. The Kier molecular flexibility index (Phi) is 6.59. The number of nitrogens with one attached hydrogen (secondary N) is 1. The summed E-state index contributed by atoms with van der Waals surface area (Å²) in [7, 11) is 0. The van der Waals surface area contributed by atoms with E-state index in [2.05, 4.69) is 35.1 Å². The van der Waals surface area contributed by atoms with E-state index in [0.717, 1.165) is 54.0 Å². The van der Waals surface area contributed by atoms with E-state index in [-0.39, 0.29) is 10.8 Å². The molecular formula is C23H29N5O3S. The number of carboxylic acids is 1. The van der Waals surface area contributed by atoms with E-state index < -0.39 is 12.1 Å². The summed E-state index contributed by atoms with van der Waals surface area (Å²) in [6.07, 6.45) is 2.92. The zero-order valence-electron chi connectivity index (χ0n) is 18.3. The van der Waals surface area contributed by atoms with Crippen LogP contribution in [0.5, 0.6) is 0 Å². The van der Waals surface area contributed by atoms with Crippen molar-refractivity contribution in [2.75, 3.05) is 30.3 Å². The number of anilines is 2. The number of fused-ring (bicyclic) bond motifs is 1. The van der Waals surface area contributed by atoms with Gasteiger partial charge in [-0.3, -0.25) is 4.98 Å². The second-order valence-corrected chi connectivity index (χ2v) is 9.49. The minimum atomic E-state index is -1.01. The van der Waals surface area contributed by atoms with Gasteiger partial charge in [0.1, 0.15) is 21.6 Å². The van der Waals surface area contributed by atoms with E-state index in [1.54, 1.807) is 6.20 Å². The summed E-state index contributed by atoms with van der Waals surface area (Å²) >= 11 is 1.14. The maximum atomic E-state index is 11.6. The minimum Gasteiger partial charge on any atom is -0.477 e. The second kappa shape index (κ2) is 9.40. The second-order valence-electron chi connectivity index (χ2n) is 8.49. The van der Waals surface area contributed by atoms with Crippen LogP contribution in [-0.2, 0) is 0 Å². The lowest BCUT2D eigenvalue weighted by Crippen LogP contribution is -2.44. The van der Waals surface area contributed by atoms with Crippen molar-refractivity contribution < 1.29 is 15.0 Å². The van der Waals surface area contributed by atoms with Crippen molar-refractivity contribution in [3.05, 3.63) is 46.6 Å². The number of carboxylic acid groups (broad SMARTS) is 1. The number of aliphatic hydroxyl groups is 1. The molecular weight excluding hydrogens is 426 g/mol. The smallest absolute Gasteiger partial charge is 0.348 e. The third kappa shape index (κ3) is 4.55. The molecule has 8 nitrogen and oxygen atoms in total. The zero-order chi connectivity index (χ0) is 22.8. The largest absolute Gasteiger partial charge is 0.477 e. The van der Waals surface area contributed by atoms with Crippen LogP contribution < -0.4 is 16.0 Å². The number of carbonyl (C=O) groups is 1. The molecule has 1 atom stereocenters. The first-order chi connectivity index (χ1) is 15.3. The fraction of sp³-hybridized carbons (Fsp3) is 0.435. The molecule has 1 aliphatic rings. The van der Waals surface area contributed by atoms with E-state index in [4.69, 9.17) is 10.7 Å². The van der Waals surface area contributed by atoms with Crippen molar-refractivity contribution in [1.29, 1.82) is 0 Å². The first-order valence-electron chi connectivity index (χ1n) is 10.9. The van der Waals surface area contributed by atoms with Gasteiger partial charge in [0.15, 0.2) is 0 Å². The lowest BCUT2D eigenvalue weighted by molar-refractivity contribution is 0.0703. The van der Waals surface area contributed by atoms with Crippen molar-refractivity contribution in [3.63, 3.8) is 0 Å². The van der Waals surface area contributed by atoms with Gasteiger partial charge in [0.05, 0.1) is 11.4 Å². The number of aromatic nitrogens is 2. The van der Waals surface area contributed by atoms with Crippen LogP contribution in [0.1, 0.15) is 59.6 Å². The van der Waals surface area contributed by atoms with Crippen molar-refractivity contribution in [1.82, 2.24) is 15.3 Å². The molecule has 170 valence electrons. The Labute approximate surface area is 191 Å². The molecule has 0 amide bonds. The van der Waals surface area contributed by atoms with Gasteiger partial charge < -0.3 is 26.2 Å². The Hall–Kier alpha value is -2.75. The standard InChI is InChI=1S/C23H29N5O3S/c1-13(2)15-11-18(27-22-19(15)20(24)21(32-22)23(30)31)28-9-6-14(7-10-28)26-12-17(29)16-5-3-4-8-25-16/h3-5,8,11,13-14,17,26,29H,6-7,9-10,12,24H2,1-2H3,(H,30,31). The SMILES string of the molecule is CC(C)c1cc(N2CCC(NCC(O)c3ccccn3)CC2)nc2sc(C(=O)O)c(N)c12. The Morgan fingerprint density at radius 1 is 1.34 bits per heavy atom. The average molecular weight is 456 g/mol. The molecule has 1 aliphatic heterocycles. The number of aliphatic hydroxyl groups excluding tert-OH is 1. The number of thiophene rings is 1.